The van der Waals surface area contributed by atoms with Gasteiger partial charge in [-0.05, 0) is 19.4 Å². The summed E-state index contributed by atoms with van der Waals surface area (Å²) in [4.78, 5) is 33.3. The minimum absolute atomic E-state index is 0.0130. The average Bonchev–Trinajstić information content (AvgIpc) is 2.45. The molecule has 0 radical (unpaired) electrons. The third kappa shape index (κ3) is 5.60. The summed E-state index contributed by atoms with van der Waals surface area (Å²) in [6, 6.07) is 5.18. The number of hydrogen-bond donors (Lipinski definition) is 1. The molecule has 0 spiro atoms. The predicted octanol–water partition coefficient (Wildman–Crippen LogP) is 2.06. The number of nitro benzene ring substituents is 1. The number of benzene rings is 1. The molecular weight excluding hydrogens is 276 g/mol. The van der Waals surface area contributed by atoms with Gasteiger partial charge in [-0.3, -0.25) is 14.9 Å². The van der Waals surface area contributed by atoms with Crippen LogP contribution >= 0.6 is 0 Å². The number of rotatable bonds is 7. The Morgan fingerprint density at radius 1 is 1.43 bits per heavy atom. The van der Waals surface area contributed by atoms with Crippen LogP contribution in [-0.2, 0) is 9.53 Å². The van der Waals surface area contributed by atoms with E-state index in [1.165, 1.54) is 18.2 Å². The van der Waals surface area contributed by atoms with Crippen LogP contribution in [-0.4, -0.2) is 29.4 Å². The van der Waals surface area contributed by atoms with E-state index in [1.54, 1.807) is 0 Å². The maximum absolute atomic E-state index is 11.7. The monoisotopic (exact) mass is 294 g/mol. The molecule has 1 amide bonds. The molecule has 0 fully saturated rings. The quantitative estimate of drug-likeness (QED) is 0.471. The van der Waals surface area contributed by atoms with E-state index in [-0.39, 0.29) is 17.3 Å². The lowest BCUT2D eigenvalue weighted by Gasteiger charge is -2.12. The lowest BCUT2D eigenvalue weighted by atomic mass is 10.2. The van der Waals surface area contributed by atoms with Crippen LogP contribution in [0.4, 0.5) is 5.69 Å². The third-order valence-corrected chi connectivity index (χ3v) is 2.76. The molecule has 0 aliphatic heterocycles. The zero-order valence-electron chi connectivity index (χ0n) is 12.0. The summed E-state index contributed by atoms with van der Waals surface area (Å²) < 4.78 is 4.83. The molecule has 1 atom stereocenters. The Bertz CT molecular complexity index is 530. The van der Waals surface area contributed by atoms with E-state index >= 15 is 0 Å². The van der Waals surface area contributed by atoms with Crippen molar-refractivity contribution in [3.63, 3.8) is 0 Å². The highest BCUT2D eigenvalue weighted by Gasteiger charge is 2.14. The molecule has 1 aromatic rings. The minimum Gasteiger partial charge on any atom is -0.452 e. The Balaban J connectivity index is 2.52. The van der Waals surface area contributed by atoms with E-state index in [2.05, 4.69) is 5.32 Å². The van der Waals surface area contributed by atoms with E-state index in [0.717, 1.165) is 18.9 Å². The lowest BCUT2D eigenvalue weighted by molar-refractivity contribution is -0.384. The highest BCUT2D eigenvalue weighted by molar-refractivity contribution is 5.91. The van der Waals surface area contributed by atoms with Gasteiger partial charge in [0.05, 0.1) is 10.5 Å². The fourth-order valence-corrected chi connectivity index (χ4v) is 1.78. The van der Waals surface area contributed by atoms with E-state index in [4.69, 9.17) is 4.74 Å². The van der Waals surface area contributed by atoms with Gasteiger partial charge in [0.2, 0.25) is 0 Å². The molecule has 0 saturated heterocycles. The second-order valence-electron chi connectivity index (χ2n) is 4.64. The smallest absolute Gasteiger partial charge is 0.338 e. The summed E-state index contributed by atoms with van der Waals surface area (Å²) >= 11 is 0. The number of nitrogens with one attached hydrogen (secondary N) is 1. The summed E-state index contributed by atoms with van der Waals surface area (Å²) in [5.74, 6) is -1.16. The molecule has 0 aliphatic carbocycles. The molecule has 7 heteroatoms. The van der Waals surface area contributed by atoms with Crippen molar-refractivity contribution in [1.29, 1.82) is 0 Å². The fraction of sp³-hybridized carbons (Fsp3) is 0.429. The van der Waals surface area contributed by atoms with Gasteiger partial charge in [0.25, 0.3) is 11.6 Å². The Hall–Kier alpha value is -2.44. The van der Waals surface area contributed by atoms with Crippen LogP contribution in [0.25, 0.3) is 0 Å². The fourth-order valence-electron chi connectivity index (χ4n) is 1.78. The predicted molar refractivity (Wildman–Crippen MR) is 75.9 cm³/mol. The van der Waals surface area contributed by atoms with Gasteiger partial charge in [0.1, 0.15) is 0 Å². The van der Waals surface area contributed by atoms with Crippen molar-refractivity contribution in [3.05, 3.63) is 39.9 Å². The number of hydrogen-bond acceptors (Lipinski definition) is 5. The molecular formula is C14H18N2O5. The summed E-state index contributed by atoms with van der Waals surface area (Å²) in [6.07, 6.45) is 1.78. The number of non-ortho nitro benzene ring substituents is 1. The lowest BCUT2D eigenvalue weighted by Crippen LogP contribution is -2.35. The van der Waals surface area contributed by atoms with Crippen LogP contribution in [0, 0.1) is 10.1 Å². The van der Waals surface area contributed by atoms with Crippen LogP contribution < -0.4 is 5.32 Å². The zero-order chi connectivity index (χ0) is 15.8. The van der Waals surface area contributed by atoms with Crippen molar-refractivity contribution < 1.29 is 19.2 Å². The second kappa shape index (κ2) is 7.98. The van der Waals surface area contributed by atoms with E-state index in [1.807, 2.05) is 13.8 Å². The molecule has 21 heavy (non-hydrogen) atoms. The first-order valence-electron chi connectivity index (χ1n) is 6.65. The molecule has 114 valence electrons. The molecule has 1 aromatic carbocycles. The number of nitro groups is 1. The van der Waals surface area contributed by atoms with E-state index < -0.39 is 23.4 Å². The van der Waals surface area contributed by atoms with Crippen LogP contribution in [0.2, 0.25) is 0 Å². The van der Waals surface area contributed by atoms with Crippen molar-refractivity contribution >= 4 is 17.6 Å². The van der Waals surface area contributed by atoms with Gasteiger partial charge in [-0.2, -0.15) is 0 Å². The van der Waals surface area contributed by atoms with Crippen molar-refractivity contribution in [1.82, 2.24) is 5.32 Å². The third-order valence-electron chi connectivity index (χ3n) is 2.76. The van der Waals surface area contributed by atoms with Crippen molar-refractivity contribution in [2.75, 3.05) is 6.61 Å². The zero-order valence-corrected chi connectivity index (χ0v) is 12.0. The van der Waals surface area contributed by atoms with Gasteiger partial charge in [0.15, 0.2) is 6.61 Å². The first-order valence-corrected chi connectivity index (χ1v) is 6.65. The van der Waals surface area contributed by atoms with Gasteiger partial charge in [-0.1, -0.05) is 19.4 Å². The molecule has 1 N–H and O–H groups in total. The number of carbonyl (C=O) groups is 2. The van der Waals surface area contributed by atoms with Gasteiger partial charge >= 0.3 is 5.97 Å². The molecule has 0 saturated carbocycles. The SMILES string of the molecule is CCCC(C)NC(=O)COC(=O)c1cccc([N+](=O)[O-])c1. The highest BCUT2D eigenvalue weighted by atomic mass is 16.6. The highest BCUT2D eigenvalue weighted by Crippen LogP contribution is 2.13. The van der Waals surface area contributed by atoms with E-state index in [0.29, 0.717) is 0 Å². The first kappa shape index (κ1) is 16.6. The molecule has 0 bridgehead atoms. The van der Waals surface area contributed by atoms with Gasteiger partial charge in [-0.25, -0.2) is 4.79 Å². The Labute approximate surface area is 122 Å². The Morgan fingerprint density at radius 3 is 2.76 bits per heavy atom. The number of esters is 1. The molecule has 0 aromatic heterocycles. The van der Waals surface area contributed by atoms with E-state index in [9.17, 15) is 19.7 Å². The number of carbonyl (C=O) groups excluding carboxylic acids is 2. The van der Waals surface area contributed by atoms with Crippen molar-refractivity contribution in [3.8, 4) is 0 Å². The summed E-state index contributed by atoms with van der Waals surface area (Å²) in [6.45, 7) is 3.46. The maximum Gasteiger partial charge on any atom is 0.338 e. The van der Waals surface area contributed by atoms with Gasteiger partial charge in [-0.15, -0.1) is 0 Å². The maximum atomic E-state index is 11.7. The molecule has 1 unspecified atom stereocenters. The van der Waals surface area contributed by atoms with Crippen LogP contribution in [0.5, 0.6) is 0 Å². The minimum atomic E-state index is -0.767. The summed E-state index contributed by atoms with van der Waals surface area (Å²) in [5.41, 5.74) is -0.163. The molecule has 0 heterocycles. The number of nitrogens with zero attached hydrogens (tertiary/aromatic N) is 1. The Kier molecular flexibility index (Phi) is 6.32. The average molecular weight is 294 g/mol. The van der Waals surface area contributed by atoms with Crippen LogP contribution in [0.1, 0.15) is 37.0 Å². The van der Waals surface area contributed by atoms with Crippen molar-refractivity contribution in [2.24, 2.45) is 0 Å². The first-order chi connectivity index (χ1) is 9.93. The molecule has 1 rings (SSSR count). The van der Waals surface area contributed by atoms with Crippen LogP contribution in [0.15, 0.2) is 24.3 Å². The topological polar surface area (TPSA) is 98.5 Å². The van der Waals surface area contributed by atoms with Crippen molar-refractivity contribution in [2.45, 2.75) is 32.7 Å². The summed E-state index contributed by atoms with van der Waals surface area (Å²) in [5, 5.41) is 13.3. The van der Waals surface area contributed by atoms with Crippen LogP contribution in [0.3, 0.4) is 0 Å². The molecule has 0 aliphatic rings. The largest absolute Gasteiger partial charge is 0.452 e. The second-order valence-corrected chi connectivity index (χ2v) is 4.64. The molecule has 7 nitrogen and oxygen atoms in total. The van der Waals surface area contributed by atoms with Gasteiger partial charge in [0, 0.05) is 18.2 Å². The normalized spacial score (nSPS) is 11.5. The number of ether oxygens (including phenoxy) is 1. The number of amides is 1. The summed E-state index contributed by atoms with van der Waals surface area (Å²) in [7, 11) is 0. The Morgan fingerprint density at radius 2 is 2.14 bits per heavy atom. The standard InChI is InChI=1S/C14H18N2O5/c1-3-5-10(2)15-13(17)9-21-14(18)11-6-4-7-12(8-11)16(19)20/h4,6-8,10H,3,5,9H2,1-2H3,(H,15,17). The van der Waals surface area contributed by atoms with Gasteiger partial charge < -0.3 is 10.1 Å².